The summed E-state index contributed by atoms with van der Waals surface area (Å²) in [6.07, 6.45) is 6.78. The molecule has 2 unspecified atom stereocenters. The van der Waals surface area contributed by atoms with Crippen LogP contribution >= 0.6 is 0 Å². The van der Waals surface area contributed by atoms with Crippen molar-refractivity contribution in [3.8, 4) is 28.2 Å². The van der Waals surface area contributed by atoms with E-state index in [0.29, 0.717) is 0 Å². The van der Waals surface area contributed by atoms with E-state index in [2.05, 4.69) is 130 Å². The highest BCUT2D eigenvalue weighted by atomic mass is 15.2. The van der Waals surface area contributed by atoms with E-state index in [1.165, 1.54) is 44.9 Å². The van der Waals surface area contributed by atoms with Crippen LogP contribution in [0.5, 0.6) is 0 Å². The predicted octanol–water partition coefficient (Wildman–Crippen LogP) is 7.54. The van der Waals surface area contributed by atoms with Gasteiger partial charge in [0, 0.05) is 10.8 Å². The van der Waals surface area contributed by atoms with Crippen LogP contribution < -0.4 is 4.57 Å². The van der Waals surface area contributed by atoms with Crippen LogP contribution in [0.15, 0.2) is 79.1 Å². The third-order valence-electron chi connectivity index (χ3n) is 9.54. The maximum absolute atomic E-state index is 2.56. The zero-order valence-electron chi connectivity index (χ0n) is 21.3. The summed E-state index contributed by atoms with van der Waals surface area (Å²) in [6.45, 7) is 14.3. The molecule has 2 aliphatic rings. The van der Waals surface area contributed by atoms with Gasteiger partial charge in [0.05, 0.1) is 5.56 Å². The highest BCUT2D eigenvalue weighted by Crippen LogP contribution is 2.51. The average Bonchev–Trinajstić information content (AvgIpc) is 3.41. The number of nitrogens with zero attached hydrogens (tertiary/aromatic N) is 2. The number of benzene rings is 3. The molecule has 0 N–H and O–H groups in total. The normalized spacial score (nSPS) is 23.7. The Labute approximate surface area is 203 Å². The van der Waals surface area contributed by atoms with Crippen molar-refractivity contribution in [3.63, 3.8) is 0 Å². The van der Waals surface area contributed by atoms with Gasteiger partial charge in [-0.25, -0.2) is 4.57 Å². The largest absolute Gasteiger partial charge is 0.294 e. The molecule has 0 fully saturated rings. The van der Waals surface area contributed by atoms with Crippen LogP contribution in [0.2, 0.25) is 0 Å². The van der Waals surface area contributed by atoms with Gasteiger partial charge in [0.25, 0.3) is 5.82 Å². The highest BCUT2D eigenvalue weighted by Gasteiger charge is 2.55. The predicted molar refractivity (Wildman–Crippen MR) is 141 cm³/mol. The van der Waals surface area contributed by atoms with E-state index in [1.54, 1.807) is 0 Å². The van der Waals surface area contributed by atoms with Crippen molar-refractivity contribution in [1.82, 2.24) is 4.57 Å². The van der Waals surface area contributed by atoms with Crippen molar-refractivity contribution in [1.29, 1.82) is 0 Å². The SMILES string of the molecule is CCC1(C)c2ccccc2-c2n(-c3ccc4c(c3)C(C)(C)c3ccccc3-4)cc[n+]2C1(C)CC. The van der Waals surface area contributed by atoms with Crippen LogP contribution in [0.25, 0.3) is 28.2 Å². The summed E-state index contributed by atoms with van der Waals surface area (Å²) < 4.78 is 4.98. The summed E-state index contributed by atoms with van der Waals surface area (Å²) in [5, 5.41) is 0. The van der Waals surface area contributed by atoms with Gasteiger partial charge in [-0.2, -0.15) is 4.57 Å². The molecule has 1 aliphatic heterocycles. The second-order valence-corrected chi connectivity index (χ2v) is 11.1. The van der Waals surface area contributed by atoms with Crippen molar-refractivity contribution in [2.24, 2.45) is 0 Å². The molecule has 0 bridgehead atoms. The minimum Gasteiger partial charge on any atom is -0.224 e. The van der Waals surface area contributed by atoms with Gasteiger partial charge in [0.15, 0.2) is 0 Å². The van der Waals surface area contributed by atoms with Gasteiger partial charge in [-0.1, -0.05) is 77.1 Å². The molecule has 6 rings (SSSR count). The fourth-order valence-electron chi connectivity index (χ4n) is 6.95. The number of hydrogen-bond donors (Lipinski definition) is 0. The lowest BCUT2D eigenvalue weighted by Crippen LogP contribution is -2.67. The summed E-state index contributed by atoms with van der Waals surface area (Å²) >= 11 is 0. The van der Waals surface area contributed by atoms with E-state index in [9.17, 15) is 0 Å². The van der Waals surface area contributed by atoms with E-state index >= 15 is 0 Å². The molecule has 3 aromatic carbocycles. The smallest absolute Gasteiger partial charge is 0.224 e. The third-order valence-corrected chi connectivity index (χ3v) is 9.54. The summed E-state index contributed by atoms with van der Waals surface area (Å²) in [6, 6.07) is 25.0. The monoisotopic (exact) mass is 447 g/mol. The molecule has 0 spiro atoms. The molecule has 2 nitrogen and oxygen atoms in total. The summed E-state index contributed by atoms with van der Waals surface area (Å²) in [5.41, 5.74) is 9.72. The quantitative estimate of drug-likeness (QED) is 0.287. The maximum atomic E-state index is 2.56. The Morgan fingerprint density at radius 2 is 1.35 bits per heavy atom. The molecule has 0 amide bonds. The van der Waals surface area contributed by atoms with E-state index in [-0.39, 0.29) is 16.4 Å². The molecule has 2 heterocycles. The zero-order chi connectivity index (χ0) is 23.9. The van der Waals surface area contributed by atoms with Crippen molar-refractivity contribution >= 4 is 0 Å². The van der Waals surface area contributed by atoms with Gasteiger partial charge in [-0.15, -0.1) is 0 Å². The minimum absolute atomic E-state index is 0.00107. The van der Waals surface area contributed by atoms with Gasteiger partial charge < -0.3 is 0 Å². The number of aromatic nitrogens is 2. The second kappa shape index (κ2) is 6.95. The van der Waals surface area contributed by atoms with E-state index in [4.69, 9.17) is 0 Å². The first-order valence-corrected chi connectivity index (χ1v) is 12.8. The van der Waals surface area contributed by atoms with Crippen LogP contribution in [-0.2, 0) is 16.4 Å². The Morgan fingerprint density at radius 3 is 2.06 bits per heavy atom. The molecular weight excluding hydrogens is 412 g/mol. The summed E-state index contributed by atoms with van der Waals surface area (Å²) in [5.74, 6) is 1.29. The average molecular weight is 448 g/mol. The topological polar surface area (TPSA) is 8.81 Å². The van der Waals surface area contributed by atoms with Crippen molar-refractivity contribution < 1.29 is 4.57 Å². The van der Waals surface area contributed by atoms with E-state index in [0.717, 1.165) is 12.8 Å². The van der Waals surface area contributed by atoms with Gasteiger partial charge in [0.2, 0.25) is 0 Å². The molecule has 0 radical (unpaired) electrons. The van der Waals surface area contributed by atoms with Crippen molar-refractivity contribution in [3.05, 3.63) is 95.8 Å². The first-order chi connectivity index (χ1) is 16.3. The van der Waals surface area contributed by atoms with Crippen LogP contribution in [0.1, 0.15) is 71.1 Å². The molecule has 2 heteroatoms. The van der Waals surface area contributed by atoms with Gasteiger partial charge in [0.1, 0.15) is 23.6 Å². The minimum atomic E-state index is -0.00107. The second-order valence-electron chi connectivity index (χ2n) is 11.1. The standard InChI is InChI=1S/C32H35N2/c1-7-31(5)27-16-12-10-14-25(27)29-33(19-20-34(29)32(31,6)8-2)22-17-18-24-23-13-9-11-15-26(23)30(3,4)28(24)21-22/h9-21H,7-8H2,1-6H3/q+1. The number of hydrogen-bond acceptors (Lipinski definition) is 0. The van der Waals surface area contributed by atoms with Gasteiger partial charge in [-0.05, 0) is 71.8 Å². The highest BCUT2D eigenvalue weighted by molar-refractivity contribution is 5.81. The van der Waals surface area contributed by atoms with E-state index in [1.807, 2.05) is 0 Å². The molecule has 34 heavy (non-hydrogen) atoms. The first-order valence-electron chi connectivity index (χ1n) is 12.8. The summed E-state index contributed by atoms with van der Waals surface area (Å²) in [7, 11) is 0. The molecule has 172 valence electrons. The molecule has 1 aromatic heterocycles. The lowest BCUT2D eigenvalue weighted by atomic mass is 9.61. The van der Waals surface area contributed by atoms with Crippen LogP contribution in [0.3, 0.4) is 0 Å². The first kappa shape index (κ1) is 21.4. The lowest BCUT2D eigenvalue weighted by molar-refractivity contribution is -0.764. The maximum Gasteiger partial charge on any atom is 0.294 e. The molecule has 4 aromatic rings. The molecular formula is C32H35N2+. The van der Waals surface area contributed by atoms with Crippen molar-refractivity contribution in [2.75, 3.05) is 0 Å². The number of fused-ring (bicyclic) bond motifs is 6. The Morgan fingerprint density at radius 1 is 0.706 bits per heavy atom. The van der Waals surface area contributed by atoms with Crippen LogP contribution in [0.4, 0.5) is 0 Å². The fourth-order valence-corrected chi connectivity index (χ4v) is 6.95. The Balaban J connectivity index is 1.60. The molecule has 0 saturated carbocycles. The lowest BCUT2D eigenvalue weighted by Gasteiger charge is -2.47. The zero-order valence-corrected chi connectivity index (χ0v) is 21.3. The fraction of sp³-hybridized carbons (Fsp3) is 0.344. The number of rotatable bonds is 3. The Kier molecular flexibility index (Phi) is 4.37. The Hall–Kier alpha value is -3.13. The molecule has 2 atom stereocenters. The van der Waals surface area contributed by atoms with Crippen molar-refractivity contribution in [2.45, 2.75) is 70.8 Å². The summed E-state index contributed by atoms with van der Waals surface area (Å²) in [4.78, 5) is 0. The Bertz CT molecular complexity index is 1440. The van der Waals surface area contributed by atoms with Gasteiger partial charge >= 0.3 is 0 Å². The molecule has 0 saturated heterocycles. The van der Waals surface area contributed by atoms with E-state index < -0.39 is 0 Å². The van der Waals surface area contributed by atoms with Crippen LogP contribution in [0, 0.1) is 0 Å². The number of imidazole rings is 1. The van der Waals surface area contributed by atoms with Gasteiger partial charge in [-0.3, -0.25) is 0 Å². The third kappa shape index (κ3) is 2.44. The van der Waals surface area contributed by atoms with Crippen LogP contribution in [-0.4, -0.2) is 4.57 Å². The molecule has 1 aliphatic carbocycles.